The Bertz CT molecular complexity index is 1310. The summed E-state index contributed by atoms with van der Waals surface area (Å²) in [5.74, 6) is -2.42. The number of nitrogens with one attached hydrogen (secondary N) is 1. The van der Waals surface area contributed by atoms with Gasteiger partial charge in [-0.3, -0.25) is 23.5 Å². The van der Waals surface area contributed by atoms with Crippen LogP contribution in [0.3, 0.4) is 0 Å². The highest BCUT2D eigenvalue weighted by atomic mass is 32.2. The lowest BCUT2D eigenvalue weighted by Gasteiger charge is -2.28. The summed E-state index contributed by atoms with van der Waals surface area (Å²) in [4.78, 5) is 47.9. The highest BCUT2D eigenvalue weighted by Crippen LogP contribution is 2.34. The first-order chi connectivity index (χ1) is 17.8. The molecule has 2 aromatic rings. The molecule has 1 aliphatic rings. The lowest BCUT2D eigenvalue weighted by atomic mass is 10.1. The highest BCUT2D eigenvalue weighted by Gasteiger charge is 2.37. The van der Waals surface area contributed by atoms with Crippen LogP contribution in [0.1, 0.15) is 26.3 Å². The first-order valence-electron chi connectivity index (χ1n) is 11.0. The number of aliphatic hydroxyl groups excluding tert-OH is 1. The zero-order valence-corrected chi connectivity index (χ0v) is 21.9. The normalized spacial score (nSPS) is 13.4. The molecule has 0 unspecified atom stereocenters. The van der Waals surface area contributed by atoms with Crippen LogP contribution >= 0.6 is 0 Å². The number of fused-ring (bicyclic) bond motifs is 1. The molecule has 0 saturated heterocycles. The van der Waals surface area contributed by atoms with Gasteiger partial charge in [-0.05, 0) is 24.3 Å². The number of pyridine rings is 1. The molecule has 0 atom stereocenters. The van der Waals surface area contributed by atoms with Gasteiger partial charge in [0.1, 0.15) is 19.0 Å². The van der Waals surface area contributed by atoms with Crippen molar-refractivity contribution in [3.05, 3.63) is 59.9 Å². The minimum absolute atomic E-state index is 0.0469. The third-order valence-corrected chi connectivity index (χ3v) is 6.53. The molecule has 14 heteroatoms. The van der Waals surface area contributed by atoms with Gasteiger partial charge in [0, 0.05) is 39.6 Å². The lowest BCUT2D eigenvalue weighted by Crippen LogP contribution is -2.37. The SMILES string of the molecule is CC(=O)OCC(COC(C)=O)OC(C)=O.CN1C(C(=O)Nc2ccccn2)=C(O)c2ccccc2S1(=O)=O. The molecule has 2 heterocycles. The van der Waals surface area contributed by atoms with Crippen molar-refractivity contribution in [2.75, 3.05) is 25.6 Å². The maximum absolute atomic E-state index is 12.5. The maximum Gasteiger partial charge on any atom is 0.303 e. The summed E-state index contributed by atoms with van der Waals surface area (Å²) in [5.41, 5.74) is -0.258. The number of hydrogen-bond donors (Lipinski definition) is 2. The Hall–Kier alpha value is -4.46. The molecule has 1 amide bonds. The molecule has 38 heavy (non-hydrogen) atoms. The monoisotopic (exact) mass is 549 g/mol. The molecule has 13 nitrogen and oxygen atoms in total. The molecule has 204 valence electrons. The fourth-order valence-electron chi connectivity index (χ4n) is 3.07. The number of hydrogen-bond acceptors (Lipinski definition) is 11. The van der Waals surface area contributed by atoms with Gasteiger partial charge in [0.05, 0.1) is 4.90 Å². The van der Waals surface area contributed by atoms with Gasteiger partial charge >= 0.3 is 17.9 Å². The van der Waals surface area contributed by atoms with Crippen molar-refractivity contribution in [2.45, 2.75) is 31.8 Å². The van der Waals surface area contributed by atoms with E-state index in [4.69, 9.17) is 4.74 Å². The van der Waals surface area contributed by atoms with Crippen LogP contribution in [-0.2, 0) is 43.4 Å². The predicted octanol–water partition coefficient (Wildman–Crippen LogP) is 1.63. The molecule has 0 radical (unpaired) electrons. The molecule has 3 rings (SSSR count). The van der Waals surface area contributed by atoms with E-state index in [-0.39, 0.29) is 35.2 Å². The van der Waals surface area contributed by atoms with E-state index in [0.29, 0.717) is 0 Å². The molecular formula is C24H27N3O10S. The summed E-state index contributed by atoms with van der Waals surface area (Å²) in [6, 6.07) is 10.9. The van der Waals surface area contributed by atoms with Crippen molar-refractivity contribution in [1.82, 2.24) is 9.29 Å². The van der Waals surface area contributed by atoms with Crippen molar-refractivity contribution >= 4 is 45.4 Å². The number of carbonyl (C=O) groups is 4. The van der Waals surface area contributed by atoms with Crippen molar-refractivity contribution in [1.29, 1.82) is 0 Å². The molecule has 1 aromatic heterocycles. The molecule has 2 N–H and O–H groups in total. The lowest BCUT2D eigenvalue weighted by molar-refractivity contribution is -0.163. The number of aliphatic hydroxyl groups is 1. The molecule has 1 aliphatic heterocycles. The Labute approximate surface area is 219 Å². The first-order valence-corrected chi connectivity index (χ1v) is 12.5. The summed E-state index contributed by atoms with van der Waals surface area (Å²) < 4.78 is 39.8. The second-order valence-electron chi connectivity index (χ2n) is 7.67. The molecule has 0 fully saturated rings. The molecular weight excluding hydrogens is 522 g/mol. The standard InChI is InChI=1S/C15H13N3O4S.C9H14O6/c1-18-13(15(20)17-12-8-4-5-9-16-12)14(19)10-6-2-3-7-11(10)23(18,21)22;1-6(10)13-4-9(15-8(3)12)5-14-7(2)11/h2-9,19H,1H3,(H,16,17,20);9H,4-5H2,1-3H3. The summed E-state index contributed by atoms with van der Waals surface area (Å²) in [6.45, 7) is 3.44. The Morgan fingerprint density at radius 2 is 1.53 bits per heavy atom. The average Bonchev–Trinajstić information content (AvgIpc) is 2.85. The third-order valence-electron chi connectivity index (χ3n) is 4.72. The van der Waals surface area contributed by atoms with E-state index in [0.717, 1.165) is 4.31 Å². The van der Waals surface area contributed by atoms with Gasteiger partial charge in [-0.15, -0.1) is 0 Å². The van der Waals surface area contributed by atoms with Crippen molar-refractivity contribution in [3.8, 4) is 0 Å². The Morgan fingerprint density at radius 1 is 0.947 bits per heavy atom. The maximum atomic E-state index is 12.5. The summed E-state index contributed by atoms with van der Waals surface area (Å²) in [6.07, 6.45) is 0.732. The first kappa shape index (κ1) is 29.8. The number of rotatable bonds is 7. The van der Waals surface area contributed by atoms with Gasteiger partial charge in [0.2, 0.25) is 0 Å². The van der Waals surface area contributed by atoms with Gasteiger partial charge in [-0.25, -0.2) is 13.4 Å². The van der Waals surface area contributed by atoms with Gasteiger partial charge in [-0.2, -0.15) is 0 Å². The zero-order chi connectivity index (χ0) is 28.5. The summed E-state index contributed by atoms with van der Waals surface area (Å²) >= 11 is 0. The minimum atomic E-state index is -3.91. The fourth-order valence-corrected chi connectivity index (χ4v) is 4.46. The van der Waals surface area contributed by atoms with Gasteiger partial charge < -0.3 is 24.6 Å². The van der Waals surface area contributed by atoms with Crippen LogP contribution in [0.15, 0.2) is 59.3 Å². The molecule has 1 aromatic carbocycles. The van der Waals surface area contributed by atoms with Crippen LogP contribution in [0.4, 0.5) is 5.82 Å². The van der Waals surface area contributed by atoms with Crippen LogP contribution < -0.4 is 5.32 Å². The topological polar surface area (TPSA) is 178 Å². The Kier molecular flexibility index (Phi) is 10.3. The van der Waals surface area contributed by atoms with Crippen LogP contribution in [0.5, 0.6) is 0 Å². The number of aromatic nitrogens is 1. The average molecular weight is 550 g/mol. The summed E-state index contributed by atoms with van der Waals surface area (Å²) in [5, 5.41) is 12.8. The Balaban J connectivity index is 0.000000296. The van der Waals surface area contributed by atoms with Crippen LogP contribution in [0.25, 0.3) is 5.76 Å². The van der Waals surface area contributed by atoms with Crippen LogP contribution in [0, 0.1) is 0 Å². The summed E-state index contributed by atoms with van der Waals surface area (Å²) in [7, 11) is -2.69. The second-order valence-corrected chi connectivity index (χ2v) is 9.61. The number of ether oxygens (including phenoxy) is 3. The number of likely N-dealkylation sites (N-methyl/N-ethyl adjacent to an activating group) is 1. The largest absolute Gasteiger partial charge is 0.505 e. The number of amides is 1. The van der Waals surface area contributed by atoms with Gasteiger partial charge in [0.15, 0.2) is 17.6 Å². The minimum Gasteiger partial charge on any atom is -0.505 e. The van der Waals surface area contributed by atoms with Crippen LogP contribution in [0.2, 0.25) is 0 Å². The molecule has 0 spiro atoms. The van der Waals surface area contributed by atoms with E-state index in [2.05, 4.69) is 19.8 Å². The van der Waals surface area contributed by atoms with Gasteiger partial charge in [-0.1, -0.05) is 18.2 Å². The van der Waals surface area contributed by atoms with E-state index in [1.54, 1.807) is 30.3 Å². The molecule has 0 bridgehead atoms. The number of sulfonamides is 1. The smallest absolute Gasteiger partial charge is 0.303 e. The van der Waals surface area contributed by atoms with E-state index in [9.17, 15) is 32.7 Å². The van der Waals surface area contributed by atoms with Gasteiger partial charge in [0.25, 0.3) is 15.9 Å². The number of anilines is 1. The molecule has 0 aliphatic carbocycles. The van der Waals surface area contributed by atoms with E-state index >= 15 is 0 Å². The third kappa shape index (κ3) is 8.03. The molecule has 0 saturated carbocycles. The van der Waals surface area contributed by atoms with E-state index in [1.165, 1.54) is 46.1 Å². The van der Waals surface area contributed by atoms with Crippen molar-refractivity contribution in [3.63, 3.8) is 0 Å². The van der Waals surface area contributed by atoms with E-state index < -0.39 is 45.7 Å². The second kappa shape index (κ2) is 13.2. The van der Waals surface area contributed by atoms with Crippen molar-refractivity contribution < 1.29 is 46.9 Å². The predicted molar refractivity (Wildman–Crippen MR) is 133 cm³/mol. The number of esters is 3. The highest BCUT2D eigenvalue weighted by molar-refractivity contribution is 7.89. The van der Waals surface area contributed by atoms with E-state index in [1.807, 2.05) is 0 Å². The number of carbonyl (C=O) groups excluding carboxylic acids is 4. The number of nitrogens with zero attached hydrogens (tertiary/aromatic N) is 2. The zero-order valence-electron chi connectivity index (χ0n) is 21.0. The number of benzene rings is 1. The Morgan fingerprint density at radius 3 is 2.05 bits per heavy atom. The fraction of sp³-hybridized carbons (Fsp3) is 0.292. The quantitative estimate of drug-likeness (QED) is 0.379. The van der Waals surface area contributed by atoms with Crippen LogP contribution in [-0.4, -0.2) is 73.0 Å². The van der Waals surface area contributed by atoms with Crippen molar-refractivity contribution in [2.24, 2.45) is 0 Å².